The molecule has 2 fully saturated rings. The Hall–Kier alpha value is -4.20. The number of aromatic nitrogens is 4. The third-order valence-corrected chi connectivity index (χ3v) is 10.0. The van der Waals surface area contributed by atoms with Gasteiger partial charge in [0.1, 0.15) is 42.9 Å². The van der Waals surface area contributed by atoms with E-state index in [0.717, 1.165) is 40.9 Å². The van der Waals surface area contributed by atoms with Crippen LogP contribution in [0.2, 0.25) is 0 Å². The van der Waals surface area contributed by atoms with Crippen molar-refractivity contribution in [2.45, 2.75) is 96.0 Å². The molecule has 2 aliphatic rings. The minimum atomic E-state index is -5.95. The number of ether oxygens (including phenoxy) is 7. The number of nitrogens with zero attached hydrogens (tertiary/aromatic N) is 4. The maximum atomic E-state index is 13.2. The molecule has 55 heavy (non-hydrogen) atoms. The molecule has 0 amide bonds. The Labute approximate surface area is 309 Å². The van der Waals surface area contributed by atoms with E-state index < -0.39 is 120 Å². The molecule has 2 aliphatic heterocycles. The van der Waals surface area contributed by atoms with Gasteiger partial charge in [-0.15, -0.1) is 0 Å². The highest BCUT2D eigenvalue weighted by Crippen LogP contribution is 2.61. The van der Waals surface area contributed by atoms with Crippen LogP contribution < -0.4 is 5.73 Å². The van der Waals surface area contributed by atoms with Crippen molar-refractivity contribution >= 4 is 62.5 Å². The second-order valence-electron chi connectivity index (χ2n) is 11.7. The molecular formula is C27H37N5O21P2. The van der Waals surface area contributed by atoms with Crippen molar-refractivity contribution in [3.8, 4) is 0 Å². The average molecular weight is 830 g/mol. The van der Waals surface area contributed by atoms with Crippen molar-refractivity contribution in [3.05, 3.63) is 12.7 Å². The standard InChI is InChI=1S/C27H37N5O21P2/c1-10(33)44-6-16(46-11(2)34)20-21(47-12(3)35)22(48-13(4)36)23(49-14(5)37)27(51-20)52-55(42,43)53-54(40,41)45-7-15-18(38)19(39)26(50-15)32-9-31-17-24(28)29-8-30-25(17)32/h8-9,15-16,18-23,26-27,38-39H,6-7H2,1-5H3,(H,40,41)(H,42,43)(H2,28,29,30)/t15-,16-,18?,19?,20?,21-,22?,23?,26-,27+/m1/s1. The van der Waals surface area contributed by atoms with Crippen LogP contribution in [0, 0.1) is 0 Å². The van der Waals surface area contributed by atoms with Gasteiger partial charge in [0.05, 0.1) is 12.9 Å². The van der Waals surface area contributed by atoms with E-state index in [1.54, 1.807) is 0 Å². The van der Waals surface area contributed by atoms with Gasteiger partial charge in [0.2, 0.25) is 6.29 Å². The zero-order valence-corrected chi connectivity index (χ0v) is 31.1. The van der Waals surface area contributed by atoms with Gasteiger partial charge in [-0.05, 0) is 0 Å². The molecule has 0 bridgehead atoms. The monoisotopic (exact) mass is 829 g/mol. The van der Waals surface area contributed by atoms with E-state index in [0.29, 0.717) is 0 Å². The zero-order valence-electron chi connectivity index (χ0n) is 29.3. The summed E-state index contributed by atoms with van der Waals surface area (Å²) in [5.74, 6) is -5.18. The minimum absolute atomic E-state index is 0.00339. The Morgan fingerprint density at radius 2 is 1.45 bits per heavy atom. The number of esters is 5. The number of phosphoric ester groups is 2. The van der Waals surface area contributed by atoms with Crippen molar-refractivity contribution in [2.24, 2.45) is 0 Å². The summed E-state index contributed by atoms with van der Waals surface area (Å²) in [7, 11) is -11.7. The van der Waals surface area contributed by atoms with Gasteiger partial charge in [0, 0.05) is 34.6 Å². The Kier molecular flexibility index (Phi) is 14.0. The van der Waals surface area contributed by atoms with E-state index in [-0.39, 0.29) is 17.0 Å². The molecule has 26 nitrogen and oxygen atoms in total. The first kappa shape index (κ1) is 43.5. The third kappa shape index (κ3) is 11.2. The Morgan fingerprint density at radius 3 is 2.05 bits per heavy atom. The number of hydrogen-bond donors (Lipinski definition) is 5. The van der Waals surface area contributed by atoms with Gasteiger partial charge in [-0.1, -0.05) is 0 Å². The molecule has 2 aromatic heterocycles. The second-order valence-corrected chi connectivity index (χ2v) is 14.7. The highest BCUT2D eigenvalue weighted by molar-refractivity contribution is 7.61. The van der Waals surface area contributed by atoms with Crippen LogP contribution in [0.25, 0.3) is 11.2 Å². The summed E-state index contributed by atoms with van der Waals surface area (Å²) in [6.45, 7) is 2.71. The quantitative estimate of drug-likeness (QED) is 0.0758. The Morgan fingerprint density at radius 1 is 0.836 bits per heavy atom. The summed E-state index contributed by atoms with van der Waals surface area (Å²) >= 11 is 0. The summed E-state index contributed by atoms with van der Waals surface area (Å²) in [6, 6.07) is 0. The van der Waals surface area contributed by atoms with Crippen molar-refractivity contribution in [1.29, 1.82) is 0 Å². The molecule has 2 saturated heterocycles. The minimum Gasteiger partial charge on any atom is -0.462 e. The van der Waals surface area contributed by atoms with Gasteiger partial charge >= 0.3 is 45.5 Å². The summed E-state index contributed by atoms with van der Waals surface area (Å²) in [5.41, 5.74) is 6.00. The normalized spacial score (nSPS) is 29.3. The number of rotatable bonds is 15. The summed E-state index contributed by atoms with van der Waals surface area (Å²) in [6.07, 6.45) is -16.2. The molecule has 0 saturated carbocycles. The average Bonchev–Trinajstić information content (AvgIpc) is 3.60. The topological polar surface area (TPSA) is 362 Å². The first-order chi connectivity index (χ1) is 25.6. The Bertz CT molecular complexity index is 1860. The number of phosphoric acid groups is 2. The van der Waals surface area contributed by atoms with Crippen LogP contribution in [0.4, 0.5) is 5.82 Å². The first-order valence-electron chi connectivity index (χ1n) is 15.7. The van der Waals surface area contributed by atoms with Crippen LogP contribution in [-0.2, 0) is 79.6 Å². The number of carbonyl (C=O) groups is 5. The SMILES string of the molecule is CC(=O)OC[C@@H](OC(C)=O)C1O[C@@H](OP(=O)(O)OP(=O)(O)OC[C@H]2O[C@@H](n3cnc4c(N)ncnc43)C(O)C2O)C(OC(C)=O)C(OC(C)=O)[C@@H]1OC(C)=O. The first-order valence-corrected chi connectivity index (χ1v) is 18.7. The summed E-state index contributed by atoms with van der Waals surface area (Å²) < 4.78 is 78.4. The van der Waals surface area contributed by atoms with E-state index in [9.17, 15) is 53.1 Å². The van der Waals surface area contributed by atoms with Crippen LogP contribution in [0.15, 0.2) is 12.7 Å². The highest BCUT2D eigenvalue weighted by atomic mass is 31.3. The largest absolute Gasteiger partial charge is 0.483 e. The number of anilines is 1. The van der Waals surface area contributed by atoms with Gasteiger partial charge in [-0.3, -0.25) is 37.6 Å². The number of imidazole rings is 1. The number of nitrogens with two attached hydrogens (primary N) is 1. The lowest BCUT2D eigenvalue weighted by atomic mass is 9.94. The van der Waals surface area contributed by atoms with Gasteiger partial charge in [-0.25, -0.2) is 24.1 Å². The molecule has 4 rings (SSSR count). The number of nitrogen functional groups attached to an aromatic ring is 1. The zero-order chi connectivity index (χ0) is 41.0. The van der Waals surface area contributed by atoms with Gasteiger partial charge < -0.3 is 58.9 Å². The summed E-state index contributed by atoms with van der Waals surface area (Å²) in [5, 5.41) is 21.2. The van der Waals surface area contributed by atoms with Crippen LogP contribution in [0.5, 0.6) is 0 Å². The maximum Gasteiger partial charge on any atom is 0.483 e. The van der Waals surface area contributed by atoms with Crippen molar-refractivity contribution in [1.82, 2.24) is 19.5 Å². The van der Waals surface area contributed by atoms with Crippen molar-refractivity contribution < 1.29 is 99.6 Å². The Balaban J connectivity index is 1.57. The number of carbonyl (C=O) groups excluding carboxylic acids is 5. The predicted molar refractivity (Wildman–Crippen MR) is 171 cm³/mol. The molecule has 2 aromatic rings. The second kappa shape index (κ2) is 17.7. The molecule has 0 radical (unpaired) electrons. The number of aliphatic hydroxyl groups is 2. The molecule has 28 heteroatoms. The molecule has 306 valence electrons. The molecule has 0 aromatic carbocycles. The van der Waals surface area contributed by atoms with E-state index >= 15 is 0 Å². The number of hydrogen-bond acceptors (Lipinski definition) is 23. The third-order valence-electron chi connectivity index (χ3n) is 7.42. The maximum absolute atomic E-state index is 13.2. The molecule has 12 atom stereocenters. The number of fused-ring (bicyclic) bond motifs is 1. The van der Waals surface area contributed by atoms with E-state index in [4.69, 9.17) is 47.9 Å². The highest BCUT2D eigenvalue weighted by Gasteiger charge is 2.57. The van der Waals surface area contributed by atoms with E-state index in [1.807, 2.05) is 0 Å². The van der Waals surface area contributed by atoms with Crippen molar-refractivity contribution in [2.75, 3.05) is 18.9 Å². The lowest BCUT2D eigenvalue weighted by molar-refractivity contribution is -0.301. The molecular weight excluding hydrogens is 792 g/mol. The van der Waals surface area contributed by atoms with E-state index in [2.05, 4.69) is 19.3 Å². The lowest BCUT2D eigenvalue weighted by Gasteiger charge is -2.45. The molecule has 0 aliphatic carbocycles. The number of aliphatic hydroxyl groups excluding tert-OH is 2. The summed E-state index contributed by atoms with van der Waals surface area (Å²) in [4.78, 5) is 92.9. The van der Waals surface area contributed by atoms with Gasteiger partial charge in [0.15, 0.2) is 42.1 Å². The fourth-order valence-corrected chi connectivity index (χ4v) is 7.58. The predicted octanol–water partition coefficient (Wildman–Crippen LogP) is -1.71. The molecule has 6 N–H and O–H groups in total. The lowest BCUT2D eigenvalue weighted by Crippen LogP contribution is -2.65. The van der Waals surface area contributed by atoms with Crippen LogP contribution in [0.1, 0.15) is 40.8 Å². The smallest absolute Gasteiger partial charge is 0.462 e. The van der Waals surface area contributed by atoms with Crippen LogP contribution in [-0.4, -0.2) is 138 Å². The fraction of sp³-hybridized carbons (Fsp3) is 0.630. The fourth-order valence-electron chi connectivity index (χ4n) is 5.42. The van der Waals surface area contributed by atoms with Crippen LogP contribution in [0.3, 0.4) is 0 Å². The van der Waals surface area contributed by atoms with E-state index in [1.165, 1.54) is 10.9 Å². The van der Waals surface area contributed by atoms with Crippen molar-refractivity contribution in [3.63, 3.8) is 0 Å². The van der Waals surface area contributed by atoms with Crippen LogP contribution >= 0.6 is 15.6 Å². The van der Waals surface area contributed by atoms with Gasteiger partial charge in [-0.2, -0.15) is 4.31 Å². The van der Waals surface area contributed by atoms with Gasteiger partial charge in [0.25, 0.3) is 0 Å². The molecule has 7 unspecified atom stereocenters. The molecule has 0 spiro atoms. The molecule has 4 heterocycles.